The van der Waals surface area contributed by atoms with E-state index in [0.29, 0.717) is 6.61 Å². The molecule has 2 fully saturated rings. The molecule has 1 aromatic rings. The van der Waals surface area contributed by atoms with E-state index in [1.165, 1.54) is 0 Å². The zero-order valence-electron chi connectivity index (χ0n) is 8.26. The Morgan fingerprint density at radius 3 is 2.80 bits per heavy atom. The molecular formula is C12H12O3. The fraction of sp³-hybridized carbons (Fsp3) is 0.417. The molecule has 2 aliphatic heterocycles. The average Bonchev–Trinajstić information content (AvgIpc) is 2.84. The molecule has 2 saturated heterocycles. The Labute approximate surface area is 88.0 Å². The first-order chi connectivity index (χ1) is 7.36. The second kappa shape index (κ2) is 3.35. The third kappa shape index (κ3) is 1.35. The zero-order valence-corrected chi connectivity index (χ0v) is 8.26. The van der Waals surface area contributed by atoms with Crippen LogP contribution in [0.25, 0.3) is 0 Å². The maximum atomic E-state index is 11.5. The molecule has 78 valence electrons. The van der Waals surface area contributed by atoms with Gasteiger partial charge in [-0.1, -0.05) is 30.3 Å². The van der Waals surface area contributed by atoms with Gasteiger partial charge < -0.3 is 9.47 Å². The van der Waals surface area contributed by atoms with E-state index >= 15 is 0 Å². The molecule has 0 N–H and O–H groups in total. The Morgan fingerprint density at radius 1 is 1.20 bits per heavy atom. The van der Waals surface area contributed by atoms with Crippen molar-refractivity contribution >= 4 is 5.97 Å². The lowest BCUT2D eigenvalue weighted by Crippen LogP contribution is -2.18. The predicted octanol–water partition coefficient (Wildman–Crippen LogP) is 1.69. The van der Waals surface area contributed by atoms with Crippen LogP contribution >= 0.6 is 0 Å². The lowest BCUT2D eigenvalue weighted by molar-refractivity contribution is -0.145. The van der Waals surface area contributed by atoms with Crippen molar-refractivity contribution in [2.45, 2.75) is 18.6 Å². The molecule has 2 aliphatic rings. The van der Waals surface area contributed by atoms with E-state index in [4.69, 9.17) is 9.47 Å². The van der Waals surface area contributed by atoms with Gasteiger partial charge >= 0.3 is 5.97 Å². The molecule has 0 radical (unpaired) electrons. The average molecular weight is 204 g/mol. The summed E-state index contributed by atoms with van der Waals surface area (Å²) in [5, 5.41) is 0. The van der Waals surface area contributed by atoms with Gasteiger partial charge in [-0.05, 0) is 12.0 Å². The Morgan fingerprint density at radius 2 is 2.00 bits per heavy atom. The van der Waals surface area contributed by atoms with Gasteiger partial charge in [0.2, 0.25) is 0 Å². The third-order valence-corrected chi connectivity index (χ3v) is 3.11. The predicted molar refractivity (Wildman–Crippen MR) is 53.1 cm³/mol. The van der Waals surface area contributed by atoms with Crippen LogP contribution in [-0.2, 0) is 14.3 Å². The van der Waals surface area contributed by atoms with E-state index in [-0.39, 0.29) is 24.1 Å². The monoisotopic (exact) mass is 204 g/mol. The van der Waals surface area contributed by atoms with E-state index in [9.17, 15) is 4.79 Å². The van der Waals surface area contributed by atoms with Crippen LogP contribution in [0.1, 0.15) is 18.1 Å². The summed E-state index contributed by atoms with van der Waals surface area (Å²) in [4.78, 5) is 11.5. The van der Waals surface area contributed by atoms with E-state index in [2.05, 4.69) is 0 Å². The highest BCUT2D eigenvalue weighted by Crippen LogP contribution is 2.40. The molecule has 0 spiro atoms. The fourth-order valence-electron chi connectivity index (χ4n) is 2.34. The summed E-state index contributed by atoms with van der Waals surface area (Å²) in [6.45, 7) is 0.674. The van der Waals surface area contributed by atoms with Crippen molar-refractivity contribution < 1.29 is 14.3 Å². The summed E-state index contributed by atoms with van der Waals surface area (Å²) in [5.41, 5.74) is 1.03. The van der Waals surface area contributed by atoms with Crippen molar-refractivity contribution in [2.24, 2.45) is 5.92 Å². The normalized spacial score (nSPS) is 33.9. The number of carbonyl (C=O) groups excluding carboxylic acids is 1. The van der Waals surface area contributed by atoms with E-state index in [1.54, 1.807) is 0 Å². The molecule has 0 unspecified atom stereocenters. The molecule has 1 aromatic carbocycles. The fourth-order valence-corrected chi connectivity index (χ4v) is 2.34. The number of ether oxygens (including phenoxy) is 2. The molecule has 0 saturated carbocycles. The Kier molecular flexibility index (Phi) is 1.99. The topological polar surface area (TPSA) is 35.5 Å². The molecule has 2 heterocycles. The SMILES string of the molecule is O=C1O[C@@H](c2ccccc2)[C@H]2OCC[C@@H]12. The smallest absolute Gasteiger partial charge is 0.312 e. The second-order valence-corrected chi connectivity index (χ2v) is 4.00. The number of fused-ring (bicyclic) bond motifs is 1. The minimum atomic E-state index is -0.203. The molecule has 0 aromatic heterocycles. The van der Waals surface area contributed by atoms with Crippen molar-refractivity contribution in [1.29, 1.82) is 0 Å². The van der Waals surface area contributed by atoms with Crippen molar-refractivity contribution in [3.05, 3.63) is 35.9 Å². The Bertz CT molecular complexity index is 374. The van der Waals surface area contributed by atoms with Gasteiger partial charge in [0.1, 0.15) is 6.10 Å². The van der Waals surface area contributed by atoms with Crippen LogP contribution in [0.15, 0.2) is 30.3 Å². The number of rotatable bonds is 1. The summed E-state index contributed by atoms with van der Waals surface area (Å²) in [7, 11) is 0. The highest BCUT2D eigenvalue weighted by atomic mass is 16.6. The van der Waals surface area contributed by atoms with E-state index in [0.717, 1.165) is 12.0 Å². The molecule has 3 nitrogen and oxygen atoms in total. The largest absolute Gasteiger partial charge is 0.454 e. The number of benzene rings is 1. The lowest BCUT2D eigenvalue weighted by atomic mass is 9.97. The Balaban J connectivity index is 1.92. The van der Waals surface area contributed by atoms with Gasteiger partial charge in [-0.25, -0.2) is 0 Å². The molecule has 3 heteroatoms. The maximum Gasteiger partial charge on any atom is 0.312 e. The first kappa shape index (κ1) is 8.92. The summed E-state index contributed by atoms with van der Waals surface area (Å²) in [6.07, 6.45) is 0.526. The van der Waals surface area contributed by atoms with Crippen LogP contribution in [0.2, 0.25) is 0 Å². The van der Waals surface area contributed by atoms with Crippen molar-refractivity contribution in [1.82, 2.24) is 0 Å². The molecule has 3 atom stereocenters. The highest BCUT2D eigenvalue weighted by Gasteiger charge is 2.48. The molecule has 3 rings (SSSR count). The van der Waals surface area contributed by atoms with Crippen LogP contribution in [-0.4, -0.2) is 18.7 Å². The summed E-state index contributed by atoms with van der Waals surface area (Å²) in [5.74, 6) is -0.151. The van der Waals surface area contributed by atoms with Crippen molar-refractivity contribution in [3.63, 3.8) is 0 Å². The van der Waals surface area contributed by atoms with Crippen molar-refractivity contribution in [2.75, 3.05) is 6.61 Å². The maximum absolute atomic E-state index is 11.5. The summed E-state index contributed by atoms with van der Waals surface area (Å²) in [6, 6.07) is 9.80. The molecule has 0 aliphatic carbocycles. The molecule has 15 heavy (non-hydrogen) atoms. The third-order valence-electron chi connectivity index (χ3n) is 3.11. The van der Waals surface area contributed by atoms with Gasteiger partial charge in [-0.15, -0.1) is 0 Å². The van der Waals surface area contributed by atoms with E-state index < -0.39 is 0 Å². The highest BCUT2D eigenvalue weighted by molar-refractivity contribution is 5.76. The quantitative estimate of drug-likeness (QED) is 0.653. The minimum Gasteiger partial charge on any atom is -0.454 e. The first-order valence-electron chi connectivity index (χ1n) is 5.23. The van der Waals surface area contributed by atoms with Gasteiger partial charge in [-0.2, -0.15) is 0 Å². The van der Waals surface area contributed by atoms with Gasteiger partial charge in [0, 0.05) is 6.61 Å². The van der Waals surface area contributed by atoms with Crippen LogP contribution in [0, 0.1) is 5.92 Å². The van der Waals surface area contributed by atoms with Crippen LogP contribution < -0.4 is 0 Å². The van der Waals surface area contributed by atoms with Crippen molar-refractivity contribution in [3.8, 4) is 0 Å². The molecule has 0 amide bonds. The minimum absolute atomic E-state index is 0.0461. The number of esters is 1. The lowest BCUT2D eigenvalue weighted by Gasteiger charge is -2.15. The van der Waals surface area contributed by atoms with Gasteiger partial charge in [-0.3, -0.25) is 4.79 Å². The number of carbonyl (C=O) groups is 1. The number of hydrogen-bond donors (Lipinski definition) is 0. The number of cyclic esters (lactones) is 1. The Hall–Kier alpha value is -1.35. The summed E-state index contributed by atoms with van der Waals surface area (Å²) < 4.78 is 10.9. The second-order valence-electron chi connectivity index (χ2n) is 4.00. The zero-order chi connectivity index (χ0) is 10.3. The van der Waals surface area contributed by atoms with Gasteiger partial charge in [0.15, 0.2) is 6.10 Å². The molecular weight excluding hydrogens is 192 g/mol. The van der Waals surface area contributed by atoms with Gasteiger partial charge in [0.05, 0.1) is 5.92 Å². The van der Waals surface area contributed by atoms with Gasteiger partial charge in [0.25, 0.3) is 0 Å². The number of hydrogen-bond acceptors (Lipinski definition) is 3. The first-order valence-corrected chi connectivity index (χ1v) is 5.23. The van der Waals surface area contributed by atoms with E-state index in [1.807, 2.05) is 30.3 Å². The molecule has 0 bridgehead atoms. The standard InChI is InChI=1S/C12H12O3/c13-12-9-6-7-14-11(9)10(15-12)8-4-2-1-3-5-8/h1-5,9-11H,6-7H2/t9-,10+,11+/m1/s1. The van der Waals surface area contributed by atoms with Crippen LogP contribution in [0.4, 0.5) is 0 Å². The van der Waals surface area contributed by atoms with Crippen LogP contribution in [0.5, 0.6) is 0 Å². The van der Waals surface area contributed by atoms with Crippen LogP contribution in [0.3, 0.4) is 0 Å². The summed E-state index contributed by atoms with van der Waals surface area (Å²) >= 11 is 0.